The molecule has 1 aliphatic carbocycles. The average molecular weight is 216 g/mol. The van der Waals surface area contributed by atoms with Gasteiger partial charge in [0.25, 0.3) is 0 Å². The first-order valence-corrected chi connectivity index (χ1v) is 5.64. The van der Waals surface area contributed by atoms with E-state index in [2.05, 4.69) is 16.4 Å². The molecule has 0 saturated carbocycles. The number of pyridine rings is 1. The van der Waals surface area contributed by atoms with Crippen molar-refractivity contribution in [3.05, 3.63) is 22.9 Å². The van der Waals surface area contributed by atoms with Crippen molar-refractivity contribution in [2.75, 3.05) is 11.9 Å². The second-order valence-electron chi connectivity index (χ2n) is 4.24. The Hall–Kier alpha value is -1.60. The first-order valence-electron chi connectivity index (χ1n) is 5.64. The van der Waals surface area contributed by atoms with Gasteiger partial charge in [0.05, 0.1) is 5.56 Å². The molecule has 16 heavy (non-hydrogen) atoms. The fourth-order valence-corrected chi connectivity index (χ4v) is 1.96. The quantitative estimate of drug-likeness (QED) is 0.796. The SMILES string of the molecule is CC(CN)Nc1nc2c(cc1C#N)CCC2. The molecule has 84 valence electrons. The van der Waals surface area contributed by atoms with Gasteiger partial charge in [0, 0.05) is 18.3 Å². The molecule has 0 radical (unpaired) electrons. The summed E-state index contributed by atoms with van der Waals surface area (Å²) in [5, 5.41) is 12.3. The van der Waals surface area contributed by atoms with E-state index in [1.807, 2.05) is 13.0 Å². The highest BCUT2D eigenvalue weighted by Crippen LogP contribution is 2.25. The van der Waals surface area contributed by atoms with Gasteiger partial charge in [0.1, 0.15) is 11.9 Å². The highest BCUT2D eigenvalue weighted by molar-refractivity contribution is 5.55. The molecule has 0 fully saturated rings. The number of nitriles is 1. The third kappa shape index (κ3) is 2.00. The molecule has 1 unspecified atom stereocenters. The van der Waals surface area contributed by atoms with E-state index in [0.717, 1.165) is 25.0 Å². The van der Waals surface area contributed by atoms with Crippen molar-refractivity contribution in [1.82, 2.24) is 4.98 Å². The summed E-state index contributed by atoms with van der Waals surface area (Å²) >= 11 is 0. The van der Waals surface area contributed by atoms with Crippen molar-refractivity contribution >= 4 is 5.82 Å². The van der Waals surface area contributed by atoms with Gasteiger partial charge >= 0.3 is 0 Å². The zero-order valence-corrected chi connectivity index (χ0v) is 9.45. The van der Waals surface area contributed by atoms with Crippen LogP contribution >= 0.6 is 0 Å². The van der Waals surface area contributed by atoms with E-state index in [1.165, 1.54) is 5.56 Å². The normalized spacial score (nSPS) is 15.3. The summed E-state index contributed by atoms with van der Waals surface area (Å²) in [6, 6.07) is 4.29. The van der Waals surface area contributed by atoms with Crippen molar-refractivity contribution in [1.29, 1.82) is 5.26 Å². The highest BCUT2D eigenvalue weighted by Gasteiger charge is 2.16. The van der Waals surface area contributed by atoms with Crippen LogP contribution in [0.5, 0.6) is 0 Å². The molecule has 1 aliphatic rings. The summed E-state index contributed by atoms with van der Waals surface area (Å²) in [6.07, 6.45) is 3.21. The fraction of sp³-hybridized carbons (Fsp3) is 0.500. The van der Waals surface area contributed by atoms with Crippen LogP contribution in [0.15, 0.2) is 6.07 Å². The number of hydrogen-bond acceptors (Lipinski definition) is 4. The van der Waals surface area contributed by atoms with Gasteiger partial charge in [-0.15, -0.1) is 0 Å². The monoisotopic (exact) mass is 216 g/mol. The van der Waals surface area contributed by atoms with Gasteiger partial charge in [-0.3, -0.25) is 0 Å². The smallest absolute Gasteiger partial charge is 0.144 e. The maximum atomic E-state index is 9.07. The first-order chi connectivity index (χ1) is 7.74. The number of nitrogens with zero attached hydrogens (tertiary/aromatic N) is 2. The molecule has 0 aliphatic heterocycles. The summed E-state index contributed by atoms with van der Waals surface area (Å²) in [6.45, 7) is 2.51. The zero-order chi connectivity index (χ0) is 11.5. The molecule has 4 heteroatoms. The van der Waals surface area contributed by atoms with Crippen LogP contribution in [0.1, 0.15) is 30.2 Å². The summed E-state index contributed by atoms with van der Waals surface area (Å²) in [4.78, 5) is 4.52. The van der Waals surface area contributed by atoms with Crippen LogP contribution in [0, 0.1) is 11.3 Å². The summed E-state index contributed by atoms with van der Waals surface area (Å²) in [5.41, 5.74) is 8.53. The van der Waals surface area contributed by atoms with Gasteiger partial charge in [-0.25, -0.2) is 4.98 Å². The predicted molar refractivity (Wildman–Crippen MR) is 63.1 cm³/mol. The molecular weight excluding hydrogens is 200 g/mol. The van der Waals surface area contributed by atoms with Gasteiger partial charge in [0.2, 0.25) is 0 Å². The van der Waals surface area contributed by atoms with E-state index in [-0.39, 0.29) is 6.04 Å². The first kappa shape index (κ1) is 10.9. The molecule has 0 saturated heterocycles. The van der Waals surface area contributed by atoms with Gasteiger partial charge in [-0.2, -0.15) is 5.26 Å². The minimum atomic E-state index is 0.138. The lowest BCUT2D eigenvalue weighted by molar-refractivity contribution is 0.795. The molecule has 4 nitrogen and oxygen atoms in total. The fourth-order valence-electron chi connectivity index (χ4n) is 1.96. The van der Waals surface area contributed by atoms with Crippen LogP contribution in [0.2, 0.25) is 0 Å². The van der Waals surface area contributed by atoms with E-state index in [4.69, 9.17) is 11.0 Å². The minimum absolute atomic E-state index is 0.138. The maximum absolute atomic E-state index is 9.07. The lowest BCUT2D eigenvalue weighted by atomic mass is 10.1. The lowest BCUT2D eigenvalue weighted by Crippen LogP contribution is -2.26. The number of nitrogens with two attached hydrogens (primary N) is 1. The van der Waals surface area contributed by atoms with E-state index >= 15 is 0 Å². The van der Waals surface area contributed by atoms with Gasteiger partial charge < -0.3 is 11.1 Å². The number of hydrogen-bond donors (Lipinski definition) is 2. The Morgan fingerprint density at radius 2 is 2.44 bits per heavy atom. The van der Waals surface area contributed by atoms with Gasteiger partial charge in [-0.1, -0.05) is 0 Å². The lowest BCUT2D eigenvalue weighted by Gasteiger charge is -2.14. The van der Waals surface area contributed by atoms with Crippen molar-refractivity contribution in [2.24, 2.45) is 5.73 Å². The average Bonchev–Trinajstić information content (AvgIpc) is 2.74. The van der Waals surface area contributed by atoms with Gasteiger partial charge in [-0.05, 0) is 37.8 Å². The van der Waals surface area contributed by atoms with Crippen molar-refractivity contribution in [2.45, 2.75) is 32.2 Å². The Labute approximate surface area is 95.5 Å². The summed E-state index contributed by atoms with van der Waals surface area (Å²) < 4.78 is 0. The van der Waals surface area contributed by atoms with Crippen LogP contribution in [0.25, 0.3) is 0 Å². The molecule has 0 spiro atoms. The van der Waals surface area contributed by atoms with Crippen molar-refractivity contribution in [3.8, 4) is 6.07 Å². The maximum Gasteiger partial charge on any atom is 0.144 e. The van der Waals surface area contributed by atoms with Crippen LogP contribution in [0.4, 0.5) is 5.82 Å². The second-order valence-corrected chi connectivity index (χ2v) is 4.24. The molecular formula is C12H16N4. The number of aryl methyl sites for hydroxylation is 2. The van der Waals surface area contributed by atoms with Crippen LogP contribution in [-0.2, 0) is 12.8 Å². The molecule has 2 rings (SSSR count). The van der Waals surface area contributed by atoms with E-state index in [9.17, 15) is 0 Å². The van der Waals surface area contributed by atoms with Crippen LogP contribution in [0.3, 0.4) is 0 Å². The van der Waals surface area contributed by atoms with Gasteiger partial charge in [0.15, 0.2) is 0 Å². The summed E-state index contributed by atoms with van der Waals surface area (Å²) in [5.74, 6) is 0.682. The van der Waals surface area contributed by atoms with E-state index in [0.29, 0.717) is 17.9 Å². The Morgan fingerprint density at radius 1 is 1.62 bits per heavy atom. The molecule has 1 aromatic heterocycles. The second kappa shape index (κ2) is 4.50. The molecule has 1 aromatic rings. The standard InChI is InChI=1S/C12H16N4/c1-8(6-13)15-12-10(7-14)5-9-3-2-4-11(9)16-12/h5,8H,2-4,6,13H2,1H3,(H,15,16). The van der Waals surface area contributed by atoms with Crippen LogP contribution in [-0.4, -0.2) is 17.6 Å². The number of aromatic nitrogens is 1. The Balaban J connectivity index is 2.33. The Morgan fingerprint density at radius 3 is 3.12 bits per heavy atom. The molecule has 0 aromatic carbocycles. The van der Waals surface area contributed by atoms with Crippen LogP contribution < -0.4 is 11.1 Å². The highest BCUT2D eigenvalue weighted by atomic mass is 15.0. The third-order valence-electron chi connectivity index (χ3n) is 2.91. The van der Waals surface area contributed by atoms with Crippen molar-refractivity contribution < 1.29 is 0 Å². The molecule has 1 atom stereocenters. The number of rotatable bonds is 3. The zero-order valence-electron chi connectivity index (χ0n) is 9.45. The molecule has 0 amide bonds. The predicted octanol–water partition coefficient (Wildman–Crippen LogP) is 1.20. The largest absolute Gasteiger partial charge is 0.365 e. The molecule has 3 N–H and O–H groups in total. The Bertz CT molecular complexity index is 433. The molecule has 0 bridgehead atoms. The van der Waals surface area contributed by atoms with E-state index in [1.54, 1.807) is 0 Å². The number of nitrogens with one attached hydrogen (secondary N) is 1. The summed E-state index contributed by atoms with van der Waals surface area (Å²) in [7, 11) is 0. The third-order valence-corrected chi connectivity index (χ3v) is 2.91. The minimum Gasteiger partial charge on any atom is -0.365 e. The van der Waals surface area contributed by atoms with E-state index < -0.39 is 0 Å². The molecule has 1 heterocycles. The number of fused-ring (bicyclic) bond motifs is 1. The van der Waals surface area contributed by atoms with Crippen molar-refractivity contribution in [3.63, 3.8) is 0 Å². The number of anilines is 1. The Kier molecular flexibility index (Phi) is 3.07. The topological polar surface area (TPSA) is 74.7 Å².